The van der Waals surface area contributed by atoms with Gasteiger partial charge in [-0.25, -0.2) is 19.3 Å². The maximum atomic E-state index is 13.8. The van der Waals surface area contributed by atoms with Gasteiger partial charge in [0.25, 0.3) is 5.91 Å². The van der Waals surface area contributed by atoms with Crippen molar-refractivity contribution in [2.45, 2.75) is 18.6 Å². The smallest absolute Gasteiger partial charge is 0.256 e. The van der Waals surface area contributed by atoms with Gasteiger partial charge in [0.05, 0.1) is 6.04 Å². The van der Waals surface area contributed by atoms with Crippen LogP contribution in [0.4, 0.5) is 16.0 Å². The molecule has 0 aliphatic carbocycles. The molecule has 156 valence electrons. The molecule has 4 N–H and O–H groups in total. The Hall–Kier alpha value is -3.85. The van der Waals surface area contributed by atoms with Crippen LogP contribution >= 0.6 is 0 Å². The number of carbonyl (C=O) groups is 1. The predicted octanol–water partition coefficient (Wildman–Crippen LogP) is 3.00. The van der Waals surface area contributed by atoms with Gasteiger partial charge >= 0.3 is 0 Å². The maximum absolute atomic E-state index is 13.8. The number of halogens is 1. The Morgan fingerprint density at radius 3 is 2.71 bits per heavy atom. The van der Waals surface area contributed by atoms with Gasteiger partial charge in [-0.05, 0) is 24.3 Å². The van der Waals surface area contributed by atoms with E-state index in [1.807, 2.05) is 16.5 Å². The third-order valence-electron chi connectivity index (χ3n) is 5.33. The Balaban J connectivity index is 1.49. The molecule has 1 fully saturated rings. The van der Waals surface area contributed by atoms with Crippen LogP contribution in [0, 0.1) is 0 Å². The standard InChI is InChI=1S/C22H20FN7O/c23-15-11-16(27-12-15)21-29-18(19-20(24)26-9-10-30(19)21)13-4-6-14(7-5-13)22(31)28-17-3-1-2-8-25-17/h1-10,15-16,27H,11-12H2,(H2,24,26)(H,25,28,31)/t15-,16+/m1/s1. The lowest BCUT2D eigenvalue weighted by atomic mass is 10.1. The number of rotatable bonds is 4. The molecule has 0 saturated carbocycles. The Labute approximate surface area is 177 Å². The number of hydrogen-bond donors (Lipinski definition) is 3. The minimum atomic E-state index is -0.906. The van der Waals surface area contributed by atoms with Gasteiger partial charge in [0.2, 0.25) is 0 Å². The van der Waals surface area contributed by atoms with Crippen LogP contribution in [0.1, 0.15) is 28.6 Å². The number of fused-ring (bicyclic) bond motifs is 1. The molecule has 0 radical (unpaired) electrons. The number of nitrogens with one attached hydrogen (secondary N) is 2. The second-order valence-corrected chi connectivity index (χ2v) is 7.39. The SMILES string of the molecule is Nc1nccn2c([C@@H]3C[C@@H](F)CN3)nc(-c3ccc(C(=O)Nc4ccccn4)cc3)c12. The first-order valence-electron chi connectivity index (χ1n) is 9.93. The van der Waals surface area contributed by atoms with Crippen molar-refractivity contribution < 1.29 is 9.18 Å². The predicted molar refractivity (Wildman–Crippen MR) is 115 cm³/mol. The summed E-state index contributed by atoms with van der Waals surface area (Å²) in [5, 5.41) is 5.93. The number of alkyl halides is 1. The first-order chi connectivity index (χ1) is 15.1. The van der Waals surface area contributed by atoms with E-state index in [4.69, 9.17) is 10.7 Å². The minimum Gasteiger partial charge on any atom is -0.382 e. The molecule has 31 heavy (non-hydrogen) atoms. The third-order valence-corrected chi connectivity index (χ3v) is 5.33. The second-order valence-electron chi connectivity index (χ2n) is 7.39. The third kappa shape index (κ3) is 3.59. The van der Waals surface area contributed by atoms with Gasteiger partial charge in [-0.15, -0.1) is 0 Å². The van der Waals surface area contributed by atoms with Crippen molar-refractivity contribution in [1.82, 2.24) is 24.7 Å². The first kappa shape index (κ1) is 19.1. The van der Waals surface area contributed by atoms with E-state index in [0.29, 0.717) is 47.2 Å². The number of anilines is 2. The number of benzene rings is 1. The van der Waals surface area contributed by atoms with Gasteiger partial charge in [0.1, 0.15) is 34.8 Å². The molecule has 1 saturated heterocycles. The van der Waals surface area contributed by atoms with Crippen molar-refractivity contribution in [3.05, 3.63) is 72.4 Å². The Morgan fingerprint density at radius 2 is 2.00 bits per heavy atom. The highest BCUT2D eigenvalue weighted by atomic mass is 19.1. The lowest BCUT2D eigenvalue weighted by Gasteiger charge is -2.08. The number of aromatic nitrogens is 4. The molecule has 1 aliphatic heterocycles. The van der Waals surface area contributed by atoms with Crippen LogP contribution in [0.3, 0.4) is 0 Å². The number of nitrogen functional groups attached to an aromatic ring is 1. The molecule has 4 aromatic rings. The largest absolute Gasteiger partial charge is 0.382 e. The highest BCUT2D eigenvalue weighted by Crippen LogP contribution is 2.33. The summed E-state index contributed by atoms with van der Waals surface area (Å²) < 4.78 is 15.6. The molecule has 1 amide bonds. The zero-order valence-corrected chi connectivity index (χ0v) is 16.5. The van der Waals surface area contributed by atoms with E-state index < -0.39 is 6.17 Å². The fourth-order valence-corrected chi connectivity index (χ4v) is 3.83. The van der Waals surface area contributed by atoms with Gasteiger partial charge in [0.15, 0.2) is 0 Å². The van der Waals surface area contributed by atoms with E-state index in [0.717, 1.165) is 5.56 Å². The van der Waals surface area contributed by atoms with Crippen molar-refractivity contribution in [2.75, 3.05) is 17.6 Å². The van der Waals surface area contributed by atoms with Gasteiger partial charge in [-0.1, -0.05) is 18.2 Å². The van der Waals surface area contributed by atoms with Crippen LogP contribution in [0.5, 0.6) is 0 Å². The zero-order valence-electron chi connectivity index (χ0n) is 16.5. The highest BCUT2D eigenvalue weighted by molar-refractivity contribution is 6.04. The van der Waals surface area contributed by atoms with Crippen LogP contribution in [-0.2, 0) is 0 Å². The lowest BCUT2D eigenvalue weighted by Crippen LogP contribution is -2.16. The van der Waals surface area contributed by atoms with Crippen molar-refractivity contribution in [1.29, 1.82) is 0 Å². The molecule has 1 aromatic carbocycles. The monoisotopic (exact) mass is 417 g/mol. The Kier molecular flexibility index (Phi) is 4.79. The number of imidazole rings is 1. The maximum Gasteiger partial charge on any atom is 0.256 e. The summed E-state index contributed by atoms with van der Waals surface area (Å²) in [6.07, 6.45) is 4.44. The lowest BCUT2D eigenvalue weighted by molar-refractivity contribution is 0.102. The number of carbonyl (C=O) groups excluding carboxylic acids is 1. The number of nitrogens with zero attached hydrogens (tertiary/aromatic N) is 4. The molecule has 9 heteroatoms. The van der Waals surface area contributed by atoms with Crippen molar-refractivity contribution in [3.63, 3.8) is 0 Å². The zero-order chi connectivity index (χ0) is 21.4. The summed E-state index contributed by atoms with van der Waals surface area (Å²) in [7, 11) is 0. The molecule has 4 heterocycles. The van der Waals surface area contributed by atoms with Crippen LogP contribution < -0.4 is 16.4 Å². The summed E-state index contributed by atoms with van der Waals surface area (Å²) >= 11 is 0. The van der Waals surface area contributed by atoms with Crippen LogP contribution in [0.15, 0.2) is 61.1 Å². The van der Waals surface area contributed by atoms with E-state index in [9.17, 15) is 9.18 Å². The second kappa shape index (κ2) is 7.77. The van der Waals surface area contributed by atoms with Crippen molar-refractivity contribution in [2.24, 2.45) is 0 Å². The Bertz CT molecular complexity index is 1240. The fraction of sp³-hybridized carbons (Fsp3) is 0.182. The normalized spacial score (nSPS) is 18.4. The van der Waals surface area contributed by atoms with E-state index in [1.54, 1.807) is 48.9 Å². The van der Waals surface area contributed by atoms with Gasteiger partial charge in [0, 0.05) is 42.7 Å². The molecule has 0 spiro atoms. The van der Waals surface area contributed by atoms with E-state index in [1.165, 1.54) is 0 Å². The fourth-order valence-electron chi connectivity index (χ4n) is 3.83. The number of amides is 1. The van der Waals surface area contributed by atoms with Gasteiger partial charge in [-0.3, -0.25) is 9.20 Å². The van der Waals surface area contributed by atoms with E-state index in [-0.39, 0.29) is 11.9 Å². The average Bonchev–Trinajstić information content (AvgIpc) is 3.39. The van der Waals surface area contributed by atoms with Crippen LogP contribution in [-0.4, -0.2) is 38.0 Å². The molecule has 5 rings (SSSR count). The topological polar surface area (TPSA) is 110 Å². The molecular formula is C22H20FN7O. The number of nitrogens with two attached hydrogens (primary N) is 1. The van der Waals surface area contributed by atoms with Crippen LogP contribution in [0.2, 0.25) is 0 Å². The molecule has 3 aromatic heterocycles. The summed E-state index contributed by atoms with van der Waals surface area (Å²) in [5.41, 5.74) is 8.73. The first-order valence-corrected chi connectivity index (χ1v) is 9.93. The average molecular weight is 417 g/mol. The van der Waals surface area contributed by atoms with Crippen molar-refractivity contribution in [3.8, 4) is 11.3 Å². The summed E-state index contributed by atoms with van der Waals surface area (Å²) in [6.45, 7) is 0.301. The molecule has 0 bridgehead atoms. The highest BCUT2D eigenvalue weighted by Gasteiger charge is 2.29. The summed E-state index contributed by atoms with van der Waals surface area (Å²) in [4.78, 5) is 25.6. The quantitative estimate of drug-likeness (QED) is 0.471. The molecular weight excluding hydrogens is 397 g/mol. The molecule has 2 atom stereocenters. The van der Waals surface area contributed by atoms with E-state index >= 15 is 0 Å². The number of pyridine rings is 1. The van der Waals surface area contributed by atoms with Crippen molar-refractivity contribution >= 4 is 23.1 Å². The minimum absolute atomic E-state index is 0.207. The van der Waals surface area contributed by atoms with Gasteiger partial charge in [-0.2, -0.15) is 0 Å². The summed E-state index contributed by atoms with van der Waals surface area (Å²) in [5.74, 6) is 1.25. The molecule has 0 unspecified atom stereocenters. The van der Waals surface area contributed by atoms with E-state index in [2.05, 4.69) is 20.6 Å². The summed E-state index contributed by atoms with van der Waals surface area (Å²) in [6, 6.07) is 12.2. The molecule has 1 aliphatic rings. The Morgan fingerprint density at radius 1 is 1.16 bits per heavy atom. The number of hydrogen-bond acceptors (Lipinski definition) is 6. The molecule has 8 nitrogen and oxygen atoms in total. The van der Waals surface area contributed by atoms with Gasteiger partial charge < -0.3 is 16.4 Å². The van der Waals surface area contributed by atoms with Crippen LogP contribution in [0.25, 0.3) is 16.8 Å².